The fourth-order valence-electron chi connectivity index (χ4n) is 4.06. The number of nitrogens with zero attached hydrogens (tertiary/aromatic N) is 2. The van der Waals surface area contributed by atoms with Crippen molar-refractivity contribution in [3.8, 4) is 0 Å². The summed E-state index contributed by atoms with van der Waals surface area (Å²) in [6, 6.07) is 21.4. The van der Waals surface area contributed by atoms with E-state index in [1.54, 1.807) is 48.5 Å². The third kappa shape index (κ3) is 6.85. The minimum absolute atomic E-state index is 0.0225. The van der Waals surface area contributed by atoms with Crippen LogP contribution >= 0.6 is 0 Å². The van der Waals surface area contributed by atoms with Crippen LogP contribution in [-0.4, -0.2) is 34.8 Å². The van der Waals surface area contributed by atoms with Crippen molar-refractivity contribution < 1.29 is 18.4 Å². The van der Waals surface area contributed by atoms with Gasteiger partial charge >= 0.3 is 6.03 Å². The molecule has 1 heterocycles. The van der Waals surface area contributed by atoms with Gasteiger partial charge in [0, 0.05) is 18.8 Å². The van der Waals surface area contributed by atoms with Crippen LogP contribution in [0.2, 0.25) is 0 Å². The Labute approximate surface area is 220 Å². The van der Waals surface area contributed by atoms with Crippen LogP contribution in [0.15, 0.2) is 94.3 Å². The van der Waals surface area contributed by atoms with E-state index in [1.165, 1.54) is 28.2 Å². The number of unbranched alkanes of at least 4 members (excludes halogenated alkanes) is 1. The zero-order chi connectivity index (χ0) is 26.9. The monoisotopic (exact) mass is 515 g/mol. The van der Waals surface area contributed by atoms with Crippen molar-refractivity contribution in [2.45, 2.75) is 32.9 Å². The van der Waals surface area contributed by atoms with Crippen LogP contribution in [0.3, 0.4) is 0 Å². The van der Waals surface area contributed by atoms with E-state index in [-0.39, 0.29) is 42.8 Å². The Hall–Kier alpha value is -4.46. The Balaban J connectivity index is 1.59. The summed E-state index contributed by atoms with van der Waals surface area (Å²) in [5.41, 5.74) is 1.87. The fourth-order valence-corrected chi connectivity index (χ4v) is 4.06. The lowest BCUT2D eigenvalue weighted by atomic mass is 10.1. The Morgan fingerprint density at radius 2 is 1.61 bits per heavy atom. The van der Waals surface area contributed by atoms with E-state index in [1.807, 2.05) is 25.1 Å². The van der Waals surface area contributed by atoms with Crippen LogP contribution in [0.5, 0.6) is 0 Å². The zero-order valence-electron chi connectivity index (χ0n) is 21.2. The molecule has 3 amide bonds. The first-order chi connectivity index (χ1) is 18.4. The summed E-state index contributed by atoms with van der Waals surface area (Å²) in [5, 5.41) is 3.26. The number of benzene rings is 3. The quantitative estimate of drug-likeness (QED) is 0.290. The van der Waals surface area contributed by atoms with Gasteiger partial charge in [-0.25, -0.2) is 9.18 Å². The molecule has 0 aliphatic heterocycles. The lowest BCUT2D eigenvalue weighted by Crippen LogP contribution is -2.44. The summed E-state index contributed by atoms with van der Waals surface area (Å²) in [6.07, 6.45) is 2.94. The largest absolute Gasteiger partial charge is 0.464 e. The van der Waals surface area contributed by atoms with Crippen molar-refractivity contribution in [1.29, 1.82) is 0 Å². The van der Waals surface area contributed by atoms with E-state index in [0.717, 1.165) is 12.8 Å². The molecule has 0 fully saturated rings. The number of rotatable bonds is 10. The van der Waals surface area contributed by atoms with Crippen LogP contribution in [0.25, 0.3) is 11.0 Å². The molecule has 4 rings (SSSR count). The summed E-state index contributed by atoms with van der Waals surface area (Å²) in [6.45, 7) is 2.33. The Morgan fingerprint density at radius 1 is 0.895 bits per heavy atom. The highest BCUT2D eigenvalue weighted by molar-refractivity contribution is 5.92. The Kier molecular flexibility index (Phi) is 8.87. The minimum Gasteiger partial charge on any atom is -0.464 e. The Bertz CT molecular complexity index is 1440. The van der Waals surface area contributed by atoms with Crippen LogP contribution in [0.4, 0.5) is 14.9 Å². The molecule has 0 saturated heterocycles. The summed E-state index contributed by atoms with van der Waals surface area (Å²) < 4.78 is 19.2. The normalized spacial score (nSPS) is 10.8. The number of hydrogen-bond donors (Lipinski definition) is 1. The number of fused-ring (bicyclic) bond motifs is 1. The molecule has 7 nitrogen and oxygen atoms in total. The maximum atomic E-state index is 13.6. The smallest absolute Gasteiger partial charge is 0.322 e. The van der Waals surface area contributed by atoms with Gasteiger partial charge in [0.1, 0.15) is 17.9 Å². The third-order valence-corrected chi connectivity index (χ3v) is 6.17. The molecular weight excluding hydrogens is 485 g/mol. The number of hydrogen-bond acceptors (Lipinski definition) is 4. The predicted molar refractivity (Wildman–Crippen MR) is 145 cm³/mol. The molecule has 0 aliphatic rings. The van der Waals surface area contributed by atoms with Crippen molar-refractivity contribution in [1.82, 2.24) is 9.80 Å². The molecule has 0 atom stereocenters. The van der Waals surface area contributed by atoms with E-state index >= 15 is 0 Å². The van der Waals surface area contributed by atoms with Crippen molar-refractivity contribution in [3.63, 3.8) is 0 Å². The molecule has 3 aromatic carbocycles. The van der Waals surface area contributed by atoms with E-state index in [4.69, 9.17) is 4.42 Å². The van der Waals surface area contributed by atoms with Gasteiger partial charge in [0.05, 0.1) is 23.8 Å². The number of carbonyl (C=O) groups is 2. The molecule has 0 spiro atoms. The number of amides is 3. The maximum absolute atomic E-state index is 13.6. The summed E-state index contributed by atoms with van der Waals surface area (Å²) in [7, 11) is 0. The first-order valence-electron chi connectivity index (χ1n) is 12.6. The number of halogens is 1. The SMILES string of the molecule is CCCCN(CC(=O)N(Cc1ccc(F)cc1)Cc1coc2ccccc2c1=O)C(=O)Nc1ccccc1. The van der Waals surface area contributed by atoms with Gasteiger partial charge in [0.15, 0.2) is 5.43 Å². The zero-order valence-corrected chi connectivity index (χ0v) is 21.2. The molecule has 0 saturated carbocycles. The standard InChI is InChI=1S/C30H30FN3O4/c1-2-3-17-33(30(37)32-25-9-5-4-6-10-25)20-28(35)34(18-22-13-15-24(31)16-14-22)19-23-21-38-27-12-8-7-11-26(27)29(23)36/h4-16,21H,2-3,17-20H2,1H3,(H,32,37). The molecule has 0 radical (unpaired) electrons. The van der Waals surface area contributed by atoms with Gasteiger partial charge in [0.25, 0.3) is 0 Å². The lowest BCUT2D eigenvalue weighted by Gasteiger charge is -2.28. The van der Waals surface area contributed by atoms with Crippen LogP contribution in [0, 0.1) is 5.82 Å². The number of urea groups is 1. The second-order valence-corrected chi connectivity index (χ2v) is 9.03. The van der Waals surface area contributed by atoms with E-state index in [2.05, 4.69) is 5.32 Å². The fraction of sp³-hybridized carbons (Fsp3) is 0.233. The maximum Gasteiger partial charge on any atom is 0.322 e. The number of para-hydroxylation sites is 2. The van der Waals surface area contributed by atoms with Crippen molar-refractivity contribution in [2.24, 2.45) is 0 Å². The number of nitrogens with one attached hydrogen (secondary N) is 1. The van der Waals surface area contributed by atoms with E-state index in [9.17, 15) is 18.8 Å². The van der Waals surface area contributed by atoms with Gasteiger partial charge in [-0.15, -0.1) is 0 Å². The molecule has 196 valence electrons. The van der Waals surface area contributed by atoms with Crippen molar-refractivity contribution in [3.05, 3.63) is 112 Å². The molecule has 8 heteroatoms. The van der Waals surface area contributed by atoms with Crippen LogP contribution < -0.4 is 10.7 Å². The summed E-state index contributed by atoms with van der Waals surface area (Å²) in [4.78, 5) is 42.8. The average molecular weight is 516 g/mol. The second-order valence-electron chi connectivity index (χ2n) is 9.03. The third-order valence-electron chi connectivity index (χ3n) is 6.17. The molecular formula is C30H30FN3O4. The van der Waals surface area contributed by atoms with Gasteiger partial charge in [-0.3, -0.25) is 9.59 Å². The van der Waals surface area contributed by atoms with E-state index < -0.39 is 0 Å². The molecule has 0 aliphatic carbocycles. The van der Waals surface area contributed by atoms with Gasteiger partial charge < -0.3 is 19.5 Å². The molecule has 1 aromatic heterocycles. The van der Waals surface area contributed by atoms with Gasteiger partial charge in [0.2, 0.25) is 5.91 Å². The first-order valence-corrected chi connectivity index (χ1v) is 12.6. The highest BCUT2D eigenvalue weighted by Gasteiger charge is 2.23. The Morgan fingerprint density at radius 3 is 2.34 bits per heavy atom. The molecule has 4 aromatic rings. The first kappa shape index (κ1) is 26.6. The van der Waals surface area contributed by atoms with Crippen molar-refractivity contribution in [2.75, 3.05) is 18.4 Å². The van der Waals surface area contributed by atoms with Crippen LogP contribution in [-0.2, 0) is 17.9 Å². The van der Waals surface area contributed by atoms with Crippen molar-refractivity contribution >= 4 is 28.6 Å². The van der Waals surface area contributed by atoms with E-state index in [0.29, 0.717) is 34.3 Å². The molecule has 0 bridgehead atoms. The van der Waals surface area contributed by atoms with Crippen LogP contribution in [0.1, 0.15) is 30.9 Å². The molecule has 1 N–H and O–H groups in total. The summed E-state index contributed by atoms with van der Waals surface area (Å²) in [5.74, 6) is -0.730. The average Bonchev–Trinajstić information content (AvgIpc) is 2.93. The second kappa shape index (κ2) is 12.7. The highest BCUT2D eigenvalue weighted by Crippen LogP contribution is 2.15. The topological polar surface area (TPSA) is 82.9 Å². The molecule has 38 heavy (non-hydrogen) atoms. The highest BCUT2D eigenvalue weighted by atomic mass is 19.1. The van der Waals surface area contributed by atoms with Gasteiger partial charge in [-0.1, -0.05) is 55.8 Å². The van der Waals surface area contributed by atoms with Gasteiger partial charge in [-0.05, 0) is 48.4 Å². The minimum atomic E-state index is -0.384. The predicted octanol–water partition coefficient (Wildman–Crippen LogP) is 5.80. The number of anilines is 1. The molecule has 0 unspecified atom stereocenters. The van der Waals surface area contributed by atoms with Gasteiger partial charge in [-0.2, -0.15) is 0 Å². The summed E-state index contributed by atoms with van der Waals surface area (Å²) >= 11 is 0. The lowest BCUT2D eigenvalue weighted by molar-refractivity contribution is -0.133. The number of carbonyl (C=O) groups excluding carboxylic acids is 2.